The Kier molecular flexibility index (Phi) is 2.81. The average Bonchev–Trinajstić information content (AvgIpc) is 2.79. The molecule has 1 N–H and O–H groups in total. The molecule has 1 saturated carbocycles. The van der Waals surface area contributed by atoms with Crippen molar-refractivity contribution in [3.8, 4) is 0 Å². The van der Waals surface area contributed by atoms with Crippen molar-refractivity contribution in [1.82, 2.24) is 5.32 Å². The number of carbonyl (C=O) groups excluding carboxylic acids is 2. The summed E-state index contributed by atoms with van der Waals surface area (Å²) in [5.41, 5.74) is 0. The molecule has 2 fully saturated rings. The molecule has 1 aromatic heterocycles. The van der Waals surface area contributed by atoms with Crippen molar-refractivity contribution in [2.75, 3.05) is 13.2 Å². The van der Waals surface area contributed by atoms with Crippen LogP contribution in [-0.4, -0.2) is 25.0 Å². The molecule has 0 bridgehead atoms. The highest BCUT2D eigenvalue weighted by Gasteiger charge is 2.47. The molecule has 1 aliphatic carbocycles. The molecule has 0 aromatic carbocycles. The minimum Gasteiger partial charge on any atom is -0.469 e. The molecule has 96 valence electrons. The van der Waals surface area contributed by atoms with E-state index in [4.69, 9.17) is 9.15 Å². The number of hydrogen-bond donors (Lipinski definition) is 1. The van der Waals surface area contributed by atoms with Gasteiger partial charge in [0.15, 0.2) is 0 Å². The second-order valence-electron chi connectivity index (χ2n) is 4.97. The van der Waals surface area contributed by atoms with E-state index in [1.54, 1.807) is 6.26 Å². The number of amides is 1. The lowest BCUT2D eigenvalue weighted by Gasteiger charge is -2.08. The Labute approximate surface area is 104 Å². The van der Waals surface area contributed by atoms with Crippen molar-refractivity contribution >= 4 is 11.9 Å². The maximum Gasteiger partial charge on any atom is 0.309 e. The van der Waals surface area contributed by atoms with Crippen molar-refractivity contribution in [3.05, 3.63) is 24.2 Å². The Bertz CT molecular complexity index is 454. The number of nitrogens with one attached hydrogen (secondary N) is 1. The van der Waals surface area contributed by atoms with Gasteiger partial charge in [-0.1, -0.05) is 0 Å². The van der Waals surface area contributed by atoms with Crippen LogP contribution in [0.15, 0.2) is 22.8 Å². The molecule has 1 saturated heterocycles. The summed E-state index contributed by atoms with van der Waals surface area (Å²) in [7, 11) is 0. The molecule has 1 amide bonds. The number of rotatable bonds is 4. The van der Waals surface area contributed by atoms with Crippen LogP contribution >= 0.6 is 0 Å². The van der Waals surface area contributed by atoms with Crippen molar-refractivity contribution in [3.63, 3.8) is 0 Å². The fourth-order valence-corrected chi connectivity index (χ4v) is 2.36. The molecular weight excluding hydrogens is 234 g/mol. The molecule has 1 aliphatic heterocycles. The van der Waals surface area contributed by atoms with Gasteiger partial charge in [0.05, 0.1) is 18.8 Å². The van der Waals surface area contributed by atoms with E-state index in [0.717, 1.165) is 12.2 Å². The van der Waals surface area contributed by atoms with Gasteiger partial charge in [-0.05, 0) is 18.6 Å². The molecule has 1 aromatic rings. The number of carbonyl (C=O) groups is 2. The van der Waals surface area contributed by atoms with Crippen LogP contribution in [0.3, 0.4) is 0 Å². The van der Waals surface area contributed by atoms with Gasteiger partial charge in [0, 0.05) is 24.8 Å². The third-order valence-corrected chi connectivity index (χ3v) is 3.53. The summed E-state index contributed by atoms with van der Waals surface area (Å²) < 4.78 is 10.5. The van der Waals surface area contributed by atoms with E-state index >= 15 is 0 Å². The molecule has 5 heteroatoms. The fourth-order valence-electron chi connectivity index (χ4n) is 2.36. The second kappa shape index (κ2) is 4.48. The Morgan fingerprint density at radius 2 is 2.44 bits per heavy atom. The highest BCUT2D eigenvalue weighted by Crippen LogP contribution is 2.48. The first-order valence-corrected chi connectivity index (χ1v) is 6.21. The van der Waals surface area contributed by atoms with Gasteiger partial charge < -0.3 is 14.5 Å². The van der Waals surface area contributed by atoms with E-state index < -0.39 is 0 Å². The molecule has 0 unspecified atom stereocenters. The van der Waals surface area contributed by atoms with Crippen LogP contribution in [0.25, 0.3) is 0 Å². The summed E-state index contributed by atoms with van der Waals surface area (Å²) >= 11 is 0. The van der Waals surface area contributed by atoms with E-state index in [0.29, 0.717) is 19.6 Å². The Morgan fingerprint density at radius 1 is 1.56 bits per heavy atom. The normalized spacial score (nSPS) is 30.0. The van der Waals surface area contributed by atoms with Crippen molar-refractivity contribution < 1.29 is 18.7 Å². The third-order valence-electron chi connectivity index (χ3n) is 3.53. The van der Waals surface area contributed by atoms with Crippen LogP contribution in [0.5, 0.6) is 0 Å². The number of furan rings is 1. The molecule has 18 heavy (non-hydrogen) atoms. The lowest BCUT2D eigenvalue weighted by Crippen LogP contribution is -2.18. The molecule has 3 rings (SSSR count). The van der Waals surface area contributed by atoms with Crippen LogP contribution in [0, 0.1) is 11.8 Å². The van der Waals surface area contributed by atoms with Gasteiger partial charge in [0.25, 0.3) is 0 Å². The largest absolute Gasteiger partial charge is 0.469 e. The van der Waals surface area contributed by atoms with Crippen LogP contribution in [0.1, 0.15) is 24.5 Å². The predicted molar refractivity (Wildman–Crippen MR) is 61.6 cm³/mol. The van der Waals surface area contributed by atoms with E-state index in [9.17, 15) is 9.59 Å². The molecule has 0 radical (unpaired) electrons. The van der Waals surface area contributed by atoms with Gasteiger partial charge >= 0.3 is 5.97 Å². The van der Waals surface area contributed by atoms with Crippen LogP contribution in [0.4, 0.5) is 0 Å². The zero-order valence-electron chi connectivity index (χ0n) is 9.93. The number of ether oxygens (including phenoxy) is 1. The zero-order valence-corrected chi connectivity index (χ0v) is 9.93. The summed E-state index contributed by atoms with van der Waals surface area (Å²) in [6, 6.07) is 3.71. The maximum atomic E-state index is 11.8. The Hall–Kier alpha value is -1.78. The van der Waals surface area contributed by atoms with Crippen molar-refractivity contribution in [1.29, 1.82) is 0 Å². The summed E-state index contributed by atoms with van der Waals surface area (Å²) in [5, 5.41) is 2.72. The Balaban J connectivity index is 1.45. The maximum absolute atomic E-state index is 11.8. The highest BCUT2D eigenvalue weighted by molar-refractivity contribution is 5.79. The third kappa shape index (κ3) is 2.25. The number of esters is 1. The monoisotopic (exact) mass is 249 g/mol. The SMILES string of the molecule is O=C1C[C@H](COC(=O)[C@@H]2C[C@H]2c2ccco2)CN1. The minimum atomic E-state index is -0.171. The lowest BCUT2D eigenvalue weighted by molar-refractivity contribution is -0.146. The number of hydrogen-bond acceptors (Lipinski definition) is 4. The van der Waals surface area contributed by atoms with E-state index in [2.05, 4.69) is 5.32 Å². The predicted octanol–water partition coefficient (Wildman–Crippen LogP) is 1.06. The molecule has 2 heterocycles. The average molecular weight is 249 g/mol. The van der Waals surface area contributed by atoms with Gasteiger partial charge in [-0.3, -0.25) is 9.59 Å². The summed E-state index contributed by atoms with van der Waals surface area (Å²) in [6.07, 6.45) is 2.87. The van der Waals surface area contributed by atoms with Crippen LogP contribution < -0.4 is 5.32 Å². The van der Waals surface area contributed by atoms with Gasteiger partial charge in [-0.2, -0.15) is 0 Å². The smallest absolute Gasteiger partial charge is 0.309 e. The molecule has 5 nitrogen and oxygen atoms in total. The Morgan fingerprint density at radius 3 is 3.11 bits per heavy atom. The van der Waals surface area contributed by atoms with E-state index in [1.165, 1.54) is 0 Å². The topological polar surface area (TPSA) is 68.5 Å². The molecule has 0 spiro atoms. The highest BCUT2D eigenvalue weighted by atomic mass is 16.5. The van der Waals surface area contributed by atoms with Gasteiger partial charge in [-0.15, -0.1) is 0 Å². The quantitative estimate of drug-likeness (QED) is 0.810. The second-order valence-corrected chi connectivity index (χ2v) is 4.97. The standard InChI is InChI=1S/C13H15NO4/c15-12-4-8(6-14-12)7-18-13(16)10-5-9(10)11-2-1-3-17-11/h1-3,8-10H,4-7H2,(H,14,15)/t8-,9+,10+/m0/s1. The van der Waals surface area contributed by atoms with E-state index in [-0.39, 0.29) is 29.6 Å². The molecule has 2 aliphatic rings. The summed E-state index contributed by atoms with van der Waals surface area (Å²) in [5.74, 6) is 0.959. The first-order chi connectivity index (χ1) is 8.74. The summed E-state index contributed by atoms with van der Waals surface area (Å²) in [4.78, 5) is 22.8. The van der Waals surface area contributed by atoms with Gasteiger partial charge in [0.1, 0.15) is 5.76 Å². The minimum absolute atomic E-state index is 0.0379. The van der Waals surface area contributed by atoms with Crippen LogP contribution in [-0.2, 0) is 14.3 Å². The van der Waals surface area contributed by atoms with E-state index in [1.807, 2.05) is 12.1 Å². The van der Waals surface area contributed by atoms with Crippen LogP contribution in [0.2, 0.25) is 0 Å². The van der Waals surface area contributed by atoms with Gasteiger partial charge in [-0.25, -0.2) is 0 Å². The first kappa shape index (κ1) is 11.3. The molecule has 3 atom stereocenters. The fraction of sp³-hybridized carbons (Fsp3) is 0.538. The lowest BCUT2D eigenvalue weighted by atomic mass is 10.1. The van der Waals surface area contributed by atoms with Crippen molar-refractivity contribution in [2.45, 2.75) is 18.8 Å². The zero-order chi connectivity index (χ0) is 12.5. The van der Waals surface area contributed by atoms with Crippen molar-refractivity contribution in [2.24, 2.45) is 11.8 Å². The first-order valence-electron chi connectivity index (χ1n) is 6.21. The molecular formula is C13H15NO4. The van der Waals surface area contributed by atoms with Gasteiger partial charge in [0.2, 0.25) is 5.91 Å². The summed E-state index contributed by atoms with van der Waals surface area (Å²) in [6.45, 7) is 0.942.